The highest BCUT2D eigenvalue weighted by Gasteiger charge is 2.22. The van der Waals surface area contributed by atoms with Gasteiger partial charge in [0.05, 0.1) is 11.3 Å². The number of carbonyl (C=O) groups excluding carboxylic acids is 1. The molecule has 3 heterocycles. The summed E-state index contributed by atoms with van der Waals surface area (Å²) < 4.78 is 0. The van der Waals surface area contributed by atoms with E-state index in [4.69, 9.17) is 0 Å². The number of carbonyl (C=O) groups is 1. The fourth-order valence-corrected chi connectivity index (χ4v) is 3.88. The zero-order valence-electron chi connectivity index (χ0n) is 17.2. The number of rotatable bonds is 4. The molecular formula is C24H28N4O. The molecule has 150 valence electrons. The van der Waals surface area contributed by atoms with Crippen LogP contribution in [-0.4, -0.2) is 33.9 Å². The van der Waals surface area contributed by atoms with Crippen LogP contribution in [0.15, 0.2) is 42.6 Å². The maximum absolute atomic E-state index is 13.4. The van der Waals surface area contributed by atoms with Gasteiger partial charge in [0.25, 0.3) is 5.91 Å². The number of amides is 1. The molecule has 1 aromatic carbocycles. The van der Waals surface area contributed by atoms with Crippen LogP contribution in [-0.2, 0) is 6.42 Å². The average molecular weight is 389 g/mol. The van der Waals surface area contributed by atoms with Crippen molar-refractivity contribution in [2.45, 2.75) is 46.0 Å². The minimum absolute atomic E-state index is 0.0505. The highest BCUT2D eigenvalue weighted by Crippen LogP contribution is 2.30. The number of nitrogens with one attached hydrogen (secondary N) is 1. The zero-order chi connectivity index (χ0) is 20.2. The Bertz CT molecular complexity index is 1010. The van der Waals surface area contributed by atoms with Gasteiger partial charge < -0.3 is 10.2 Å². The van der Waals surface area contributed by atoms with E-state index in [1.54, 1.807) is 6.20 Å². The number of likely N-dealkylation sites (tertiary alicyclic amines) is 1. The third kappa shape index (κ3) is 4.24. The molecule has 0 bridgehead atoms. The van der Waals surface area contributed by atoms with Crippen molar-refractivity contribution >= 4 is 28.3 Å². The Morgan fingerprint density at radius 2 is 1.76 bits per heavy atom. The minimum Gasteiger partial charge on any atom is -0.354 e. The predicted octanol–water partition coefficient (Wildman–Crippen LogP) is 5.26. The van der Waals surface area contributed by atoms with E-state index in [1.165, 1.54) is 18.4 Å². The van der Waals surface area contributed by atoms with Crippen LogP contribution in [0, 0.1) is 6.92 Å². The van der Waals surface area contributed by atoms with Gasteiger partial charge in [-0.3, -0.25) is 4.79 Å². The Hall–Kier alpha value is -2.95. The van der Waals surface area contributed by atoms with Crippen LogP contribution in [0.5, 0.6) is 0 Å². The van der Waals surface area contributed by atoms with Crippen molar-refractivity contribution in [1.82, 2.24) is 14.9 Å². The van der Waals surface area contributed by atoms with Gasteiger partial charge in [-0.25, -0.2) is 9.97 Å². The second kappa shape index (κ2) is 8.60. The van der Waals surface area contributed by atoms with Crippen LogP contribution in [0.2, 0.25) is 0 Å². The fourth-order valence-electron chi connectivity index (χ4n) is 3.88. The molecule has 1 N–H and O–H groups in total. The van der Waals surface area contributed by atoms with Gasteiger partial charge in [-0.15, -0.1) is 0 Å². The standard InChI is InChI=1S/C24H28N4O/c1-3-18-9-11-19(12-10-18)27-22-20-13-8-17(2)26-23(20)25-16-21(22)24(29)28-14-6-4-5-7-15-28/h8-13,16H,3-7,14-15H2,1-2H3,(H,25,26,27). The summed E-state index contributed by atoms with van der Waals surface area (Å²) in [7, 11) is 0. The maximum Gasteiger partial charge on any atom is 0.257 e. The molecule has 1 fully saturated rings. The number of aromatic nitrogens is 2. The summed E-state index contributed by atoms with van der Waals surface area (Å²) >= 11 is 0. The van der Waals surface area contributed by atoms with E-state index in [9.17, 15) is 4.79 Å². The van der Waals surface area contributed by atoms with E-state index in [0.717, 1.165) is 54.8 Å². The van der Waals surface area contributed by atoms with E-state index < -0.39 is 0 Å². The highest BCUT2D eigenvalue weighted by molar-refractivity contribution is 6.07. The first-order valence-electron chi connectivity index (χ1n) is 10.6. The number of aryl methyl sites for hydroxylation is 2. The summed E-state index contributed by atoms with van der Waals surface area (Å²) in [5.74, 6) is 0.0505. The van der Waals surface area contributed by atoms with Gasteiger partial charge in [0.2, 0.25) is 0 Å². The fraction of sp³-hybridized carbons (Fsp3) is 0.375. The van der Waals surface area contributed by atoms with Crippen molar-refractivity contribution in [3.05, 3.63) is 59.4 Å². The van der Waals surface area contributed by atoms with Crippen LogP contribution in [0.3, 0.4) is 0 Å². The van der Waals surface area contributed by atoms with Crippen LogP contribution < -0.4 is 5.32 Å². The van der Waals surface area contributed by atoms with Crippen LogP contribution in [0.4, 0.5) is 11.4 Å². The van der Waals surface area contributed by atoms with Gasteiger partial charge in [0, 0.05) is 36.1 Å². The molecule has 0 saturated carbocycles. The van der Waals surface area contributed by atoms with E-state index in [1.807, 2.05) is 24.0 Å². The molecule has 0 spiro atoms. The van der Waals surface area contributed by atoms with E-state index >= 15 is 0 Å². The van der Waals surface area contributed by atoms with Crippen molar-refractivity contribution in [1.29, 1.82) is 0 Å². The lowest BCUT2D eigenvalue weighted by atomic mass is 10.1. The zero-order valence-corrected chi connectivity index (χ0v) is 17.2. The van der Waals surface area contributed by atoms with E-state index in [-0.39, 0.29) is 5.91 Å². The Labute approximate surface area is 172 Å². The lowest BCUT2D eigenvalue weighted by Crippen LogP contribution is -2.32. The van der Waals surface area contributed by atoms with Gasteiger partial charge in [-0.2, -0.15) is 0 Å². The average Bonchev–Trinajstić information content (AvgIpc) is 3.03. The number of fused-ring (bicyclic) bond motifs is 1. The lowest BCUT2D eigenvalue weighted by Gasteiger charge is -2.22. The van der Waals surface area contributed by atoms with Crippen LogP contribution in [0.1, 0.15) is 54.2 Å². The Morgan fingerprint density at radius 3 is 2.45 bits per heavy atom. The number of pyridine rings is 2. The summed E-state index contributed by atoms with van der Waals surface area (Å²) in [5.41, 5.74) is 5.22. The number of nitrogens with zero attached hydrogens (tertiary/aromatic N) is 3. The molecular weight excluding hydrogens is 360 g/mol. The largest absolute Gasteiger partial charge is 0.354 e. The maximum atomic E-state index is 13.4. The van der Waals surface area contributed by atoms with Gasteiger partial charge in [0.15, 0.2) is 5.65 Å². The molecule has 1 aliphatic heterocycles. The highest BCUT2D eigenvalue weighted by atomic mass is 16.2. The molecule has 0 aliphatic carbocycles. The molecule has 1 saturated heterocycles. The lowest BCUT2D eigenvalue weighted by molar-refractivity contribution is 0.0762. The molecule has 5 heteroatoms. The molecule has 1 aliphatic rings. The molecule has 29 heavy (non-hydrogen) atoms. The minimum atomic E-state index is 0.0505. The Balaban J connectivity index is 1.77. The summed E-state index contributed by atoms with van der Waals surface area (Å²) in [4.78, 5) is 24.4. The van der Waals surface area contributed by atoms with Crippen molar-refractivity contribution < 1.29 is 4.79 Å². The summed E-state index contributed by atoms with van der Waals surface area (Å²) in [6, 6.07) is 12.3. The Morgan fingerprint density at radius 1 is 1.03 bits per heavy atom. The third-order valence-electron chi connectivity index (χ3n) is 5.62. The smallest absolute Gasteiger partial charge is 0.257 e. The molecule has 2 aromatic heterocycles. The van der Waals surface area contributed by atoms with Crippen molar-refractivity contribution in [3.8, 4) is 0 Å². The number of hydrogen-bond acceptors (Lipinski definition) is 4. The first-order valence-corrected chi connectivity index (χ1v) is 10.6. The molecule has 0 radical (unpaired) electrons. The monoisotopic (exact) mass is 388 g/mol. The quantitative estimate of drug-likeness (QED) is 0.662. The summed E-state index contributed by atoms with van der Waals surface area (Å²) in [5, 5.41) is 4.37. The van der Waals surface area contributed by atoms with E-state index in [2.05, 4.69) is 46.5 Å². The predicted molar refractivity (Wildman–Crippen MR) is 118 cm³/mol. The van der Waals surface area contributed by atoms with Crippen molar-refractivity contribution in [3.63, 3.8) is 0 Å². The number of benzene rings is 1. The third-order valence-corrected chi connectivity index (χ3v) is 5.62. The van der Waals surface area contributed by atoms with E-state index in [0.29, 0.717) is 11.2 Å². The number of hydrogen-bond donors (Lipinski definition) is 1. The molecule has 0 unspecified atom stereocenters. The van der Waals surface area contributed by atoms with Crippen molar-refractivity contribution in [2.24, 2.45) is 0 Å². The molecule has 5 nitrogen and oxygen atoms in total. The van der Waals surface area contributed by atoms with Gasteiger partial charge in [-0.1, -0.05) is 31.9 Å². The molecule has 0 atom stereocenters. The second-order valence-corrected chi connectivity index (χ2v) is 7.75. The topological polar surface area (TPSA) is 58.1 Å². The van der Waals surface area contributed by atoms with Crippen molar-refractivity contribution in [2.75, 3.05) is 18.4 Å². The molecule has 1 amide bonds. The first-order chi connectivity index (χ1) is 14.2. The summed E-state index contributed by atoms with van der Waals surface area (Å²) in [6.07, 6.45) is 7.20. The molecule has 3 aromatic rings. The summed E-state index contributed by atoms with van der Waals surface area (Å²) in [6.45, 7) is 5.72. The van der Waals surface area contributed by atoms with Gasteiger partial charge in [0.1, 0.15) is 0 Å². The number of anilines is 2. The Kier molecular flexibility index (Phi) is 5.74. The van der Waals surface area contributed by atoms with Gasteiger partial charge in [-0.05, 0) is 56.0 Å². The first kappa shape index (κ1) is 19.4. The molecule has 4 rings (SSSR count). The SMILES string of the molecule is CCc1ccc(Nc2c(C(=O)N3CCCCCC3)cnc3nc(C)ccc23)cc1. The van der Waals surface area contributed by atoms with Gasteiger partial charge >= 0.3 is 0 Å². The van der Waals surface area contributed by atoms with Crippen LogP contribution in [0.25, 0.3) is 11.0 Å². The van der Waals surface area contributed by atoms with Crippen LogP contribution >= 0.6 is 0 Å². The normalized spacial score (nSPS) is 14.6. The second-order valence-electron chi connectivity index (χ2n) is 7.75.